The minimum Gasteiger partial charge on any atom is -0.487 e. The molecule has 0 bridgehead atoms. The van der Waals surface area contributed by atoms with Crippen LogP contribution in [0.2, 0.25) is 0 Å². The molecular formula is C16H25ClN2O2. The number of carbonyl (C=O) groups excluding carboxylic acids is 1. The van der Waals surface area contributed by atoms with E-state index < -0.39 is 5.41 Å². The summed E-state index contributed by atoms with van der Waals surface area (Å²) in [5.41, 5.74) is 6.78. The molecule has 1 aliphatic rings. The van der Waals surface area contributed by atoms with Crippen LogP contribution in [0.3, 0.4) is 0 Å². The molecular weight excluding hydrogens is 288 g/mol. The van der Waals surface area contributed by atoms with Crippen molar-refractivity contribution in [1.82, 2.24) is 5.32 Å². The van der Waals surface area contributed by atoms with Crippen LogP contribution in [0.25, 0.3) is 0 Å². The van der Waals surface area contributed by atoms with Crippen molar-refractivity contribution in [3.63, 3.8) is 0 Å². The van der Waals surface area contributed by atoms with Crippen molar-refractivity contribution in [3.8, 4) is 5.75 Å². The number of nitrogens with two attached hydrogens (primary N) is 1. The molecule has 0 aromatic heterocycles. The lowest BCUT2D eigenvalue weighted by Gasteiger charge is -2.38. The van der Waals surface area contributed by atoms with E-state index in [2.05, 4.69) is 5.32 Å². The molecule has 0 aliphatic carbocycles. The van der Waals surface area contributed by atoms with Crippen LogP contribution in [0, 0.1) is 5.41 Å². The van der Waals surface area contributed by atoms with Gasteiger partial charge in [0.05, 0.1) is 6.04 Å². The van der Waals surface area contributed by atoms with Crippen LogP contribution in [0.15, 0.2) is 18.2 Å². The number of halogens is 1. The second-order valence-corrected chi connectivity index (χ2v) is 7.14. The van der Waals surface area contributed by atoms with Gasteiger partial charge in [0.25, 0.3) is 0 Å². The Morgan fingerprint density at radius 1 is 1.38 bits per heavy atom. The number of nitrogen functional groups attached to an aromatic ring is 1. The topological polar surface area (TPSA) is 64.4 Å². The van der Waals surface area contributed by atoms with Gasteiger partial charge in [0.1, 0.15) is 11.4 Å². The number of carbonyl (C=O) groups is 1. The van der Waals surface area contributed by atoms with E-state index in [-0.39, 0.29) is 30.0 Å². The highest BCUT2D eigenvalue weighted by molar-refractivity contribution is 5.85. The molecule has 1 amide bonds. The lowest BCUT2D eigenvalue weighted by molar-refractivity contribution is -0.129. The molecule has 21 heavy (non-hydrogen) atoms. The Morgan fingerprint density at radius 3 is 2.57 bits per heavy atom. The molecule has 1 unspecified atom stereocenters. The van der Waals surface area contributed by atoms with Crippen LogP contribution < -0.4 is 15.8 Å². The number of amides is 1. The van der Waals surface area contributed by atoms with Gasteiger partial charge in [0.15, 0.2) is 0 Å². The Kier molecular flexibility index (Phi) is 4.83. The van der Waals surface area contributed by atoms with Gasteiger partial charge in [-0.3, -0.25) is 4.79 Å². The highest BCUT2D eigenvalue weighted by atomic mass is 35.5. The smallest absolute Gasteiger partial charge is 0.225 e. The lowest BCUT2D eigenvalue weighted by Crippen LogP contribution is -2.44. The highest BCUT2D eigenvalue weighted by Gasteiger charge is 2.36. The molecule has 0 saturated heterocycles. The molecule has 0 radical (unpaired) electrons. The normalized spacial score (nSPS) is 19.8. The molecule has 0 saturated carbocycles. The SMILES string of the molecule is CC1(C)CC(NC(=O)C(C)(C)C)c2cc(N)ccc2O1.Cl. The average Bonchev–Trinajstić information content (AvgIpc) is 2.27. The third-order valence-corrected chi connectivity index (χ3v) is 3.48. The van der Waals surface area contributed by atoms with E-state index >= 15 is 0 Å². The largest absolute Gasteiger partial charge is 0.487 e. The van der Waals surface area contributed by atoms with E-state index in [4.69, 9.17) is 10.5 Å². The Hall–Kier alpha value is -1.42. The lowest BCUT2D eigenvalue weighted by atomic mass is 9.87. The summed E-state index contributed by atoms with van der Waals surface area (Å²) in [6, 6.07) is 5.52. The first-order valence-corrected chi connectivity index (χ1v) is 6.98. The van der Waals surface area contributed by atoms with E-state index in [1.165, 1.54) is 0 Å². The zero-order valence-electron chi connectivity index (χ0n) is 13.3. The number of benzene rings is 1. The van der Waals surface area contributed by atoms with E-state index in [1.807, 2.05) is 52.8 Å². The maximum Gasteiger partial charge on any atom is 0.225 e. The summed E-state index contributed by atoms with van der Waals surface area (Å²) in [6.07, 6.45) is 0.727. The molecule has 1 atom stereocenters. The van der Waals surface area contributed by atoms with Gasteiger partial charge < -0.3 is 15.8 Å². The zero-order chi connectivity index (χ0) is 15.1. The first-order chi connectivity index (χ1) is 9.08. The van der Waals surface area contributed by atoms with E-state index in [0.717, 1.165) is 17.7 Å². The number of anilines is 1. The van der Waals surface area contributed by atoms with Gasteiger partial charge in [-0.15, -0.1) is 12.4 Å². The Morgan fingerprint density at radius 2 is 2.00 bits per heavy atom. The molecule has 0 spiro atoms. The van der Waals surface area contributed by atoms with E-state index in [1.54, 1.807) is 0 Å². The van der Waals surface area contributed by atoms with Crippen molar-refractivity contribution in [1.29, 1.82) is 0 Å². The molecule has 1 aromatic rings. The van der Waals surface area contributed by atoms with Gasteiger partial charge in [-0.1, -0.05) is 20.8 Å². The van der Waals surface area contributed by atoms with Crippen LogP contribution in [-0.2, 0) is 4.79 Å². The van der Waals surface area contributed by atoms with Crippen LogP contribution >= 0.6 is 12.4 Å². The number of hydrogen-bond donors (Lipinski definition) is 2. The van der Waals surface area contributed by atoms with Crippen molar-refractivity contribution in [2.75, 3.05) is 5.73 Å². The fraction of sp³-hybridized carbons (Fsp3) is 0.562. The number of fused-ring (bicyclic) bond motifs is 1. The van der Waals surface area contributed by atoms with Crippen LogP contribution in [-0.4, -0.2) is 11.5 Å². The molecule has 118 valence electrons. The molecule has 1 heterocycles. The average molecular weight is 313 g/mol. The van der Waals surface area contributed by atoms with Crippen LogP contribution in [0.4, 0.5) is 5.69 Å². The maximum atomic E-state index is 12.3. The van der Waals surface area contributed by atoms with Gasteiger partial charge >= 0.3 is 0 Å². The molecule has 1 aromatic carbocycles. The number of ether oxygens (including phenoxy) is 1. The predicted molar refractivity (Wildman–Crippen MR) is 87.8 cm³/mol. The summed E-state index contributed by atoms with van der Waals surface area (Å²) < 4.78 is 5.96. The summed E-state index contributed by atoms with van der Waals surface area (Å²) in [5.74, 6) is 0.836. The summed E-state index contributed by atoms with van der Waals surface area (Å²) in [4.78, 5) is 12.3. The van der Waals surface area contributed by atoms with E-state index in [9.17, 15) is 4.79 Å². The minimum absolute atomic E-state index is 0. The molecule has 0 fully saturated rings. The number of rotatable bonds is 1. The van der Waals surface area contributed by atoms with Gasteiger partial charge in [-0.05, 0) is 32.0 Å². The van der Waals surface area contributed by atoms with Crippen molar-refractivity contribution in [2.24, 2.45) is 5.41 Å². The van der Waals surface area contributed by atoms with Gasteiger partial charge in [0, 0.05) is 23.1 Å². The van der Waals surface area contributed by atoms with Crippen molar-refractivity contribution < 1.29 is 9.53 Å². The first kappa shape index (κ1) is 17.6. The van der Waals surface area contributed by atoms with Gasteiger partial charge in [-0.2, -0.15) is 0 Å². The summed E-state index contributed by atoms with van der Waals surface area (Å²) >= 11 is 0. The second-order valence-electron chi connectivity index (χ2n) is 7.14. The molecule has 5 heteroatoms. The third kappa shape index (κ3) is 4.03. The first-order valence-electron chi connectivity index (χ1n) is 6.98. The van der Waals surface area contributed by atoms with Crippen molar-refractivity contribution in [3.05, 3.63) is 23.8 Å². The van der Waals surface area contributed by atoms with E-state index in [0.29, 0.717) is 5.69 Å². The fourth-order valence-corrected chi connectivity index (χ4v) is 2.38. The monoisotopic (exact) mass is 312 g/mol. The fourth-order valence-electron chi connectivity index (χ4n) is 2.38. The predicted octanol–water partition coefficient (Wildman–Crippen LogP) is 3.46. The van der Waals surface area contributed by atoms with Crippen molar-refractivity contribution in [2.45, 2.75) is 52.7 Å². The van der Waals surface area contributed by atoms with Crippen LogP contribution in [0.1, 0.15) is 52.6 Å². The van der Waals surface area contributed by atoms with Crippen LogP contribution in [0.5, 0.6) is 5.75 Å². The second kappa shape index (κ2) is 5.76. The molecule has 1 aliphatic heterocycles. The molecule has 2 rings (SSSR count). The zero-order valence-corrected chi connectivity index (χ0v) is 14.1. The highest BCUT2D eigenvalue weighted by Crippen LogP contribution is 2.40. The Labute approximate surface area is 132 Å². The maximum absolute atomic E-state index is 12.3. The third-order valence-electron chi connectivity index (χ3n) is 3.48. The Bertz CT molecular complexity index is 536. The molecule has 4 nitrogen and oxygen atoms in total. The molecule has 3 N–H and O–H groups in total. The van der Waals surface area contributed by atoms with Crippen molar-refractivity contribution >= 4 is 24.0 Å². The number of nitrogens with one attached hydrogen (secondary N) is 1. The number of hydrogen-bond acceptors (Lipinski definition) is 3. The quantitative estimate of drug-likeness (QED) is 0.781. The Balaban J connectivity index is 0.00000220. The summed E-state index contributed by atoms with van der Waals surface area (Å²) in [7, 11) is 0. The summed E-state index contributed by atoms with van der Waals surface area (Å²) in [6.45, 7) is 9.79. The standard InChI is InChI=1S/C16H24N2O2.ClH/c1-15(2,3)14(19)18-12-9-16(4,5)20-13-7-6-10(17)8-11(12)13;/h6-8,12H,9,17H2,1-5H3,(H,18,19);1H. The minimum atomic E-state index is -0.414. The summed E-state index contributed by atoms with van der Waals surface area (Å²) in [5, 5.41) is 3.12. The van der Waals surface area contributed by atoms with Gasteiger partial charge in [0.2, 0.25) is 5.91 Å². The van der Waals surface area contributed by atoms with Gasteiger partial charge in [-0.25, -0.2) is 0 Å².